The molecular weight excluding hydrogens is 316 g/mol. The Morgan fingerprint density at radius 3 is 2.94 bits per heavy atom. The van der Waals surface area contributed by atoms with Gasteiger partial charge in [0.1, 0.15) is 5.69 Å². The summed E-state index contributed by atoms with van der Waals surface area (Å²) in [5.41, 5.74) is 2.08. The maximum atomic E-state index is 10.9. The van der Waals surface area contributed by atoms with E-state index in [-0.39, 0.29) is 5.69 Å². The van der Waals surface area contributed by atoms with Crippen molar-refractivity contribution in [2.45, 2.75) is 6.54 Å². The third-order valence-electron chi connectivity index (χ3n) is 2.44. The second kappa shape index (κ2) is 5.49. The van der Waals surface area contributed by atoms with E-state index in [0.29, 0.717) is 0 Å². The molecule has 0 aliphatic heterocycles. The van der Waals surface area contributed by atoms with Gasteiger partial charge in [0.25, 0.3) is 0 Å². The molecular formula is C12H11BrN2O2S. The van der Waals surface area contributed by atoms with Crippen LogP contribution in [0.3, 0.4) is 0 Å². The average molecular weight is 327 g/mol. The van der Waals surface area contributed by atoms with Gasteiger partial charge in [-0.25, -0.2) is 9.78 Å². The minimum absolute atomic E-state index is 0.0610. The molecule has 2 aromatic heterocycles. The van der Waals surface area contributed by atoms with Crippen molar-refractivity contribution in [3.63, 3.8) is 0 Å². The summed E-state index contributed by atoms with van der Waals surface area (Å²) in [7, 11) is 1.92. The van der Waals surface area contributed by atoms with Gasteiger partial charge < -0.3 is 10.0 Å². The fourth-order valence-electron chi connectivity index (χ4n) is 1.57. The molecule has 0 radical (unpaired) electrons. The van der Waals surface area contributed by atoms with Crippen molar-refractivity contribution >= 4 is 38.9 Å². The Morgan fingerprint density at radius 1 is 1.56 bits per heavy atom. The smallest absolute Gasteiger partial charge is 0.354 e. The van der Waals surface area contributed by atoms with Crippen LogP contribution in [-0.2, 0) is 6.54 Å². The summed E-state index contributed by atoms with van der Waals surface area (Å²) in [6, 6.07) is 5.43. The summed E-state index contributed by atoms with van der Waals surface area (Å²) >= 11 is 5.05. The number of halogens is 1. The van der Waals surface area contributed by atoms with Crippen LogP contribution in [0.1, 0.15) is 16.1 Å². The molecule has 6 heteroatoms. The van der Waals surface area contributed by atoms with Crippen LogP contribution in [0.25, 0.3) is 0 Å². The largest absolute Gasteiger partial charge is 0.477 e. The highest BCUT2D eigenvalue weighted by Gasteiger charge is 2.08. The van der Waals surface area contributed by atoms with Gasteiger partial charge in [-0.2, -0.15) is 0 Å². The lowest BCUT2D eigenvalue weighted by molar-refractivity contribution is 0.0690. The van der Waals surface area contributed by atoms with Crippen LogP contribution in [0.15, 0.2) is 33.6 Å². The first-order valence-corrected chi connectivity index (χ1v) is 6.87. The first-order valence-electron chi connectivity index (χ1n) is 5.19. The lowest BCUT2D eigenvalue weighted by Crippen LogP contribution is -2.16. The van der Waals surface area contributed by atoms with E-state index < -0.39 is 5.97 Å². The number of carboxylic acids is 1. The van der Waals surface area contributed by atoms with E-state index in [1.165, 1.54) is 11.8 Å². The molecule has 0 saturated heterocycles. The second-order valence-corrected chi connectivity index (χ2v) is 6.11. The lowest BCUT2D eigenvalue weighted by Gasteiger charge is -2.18. The molecule has 18 heavy (non-hydrogen) atoms. The summed E-state index contributed by atoms with van der Waals surface area (Å²) < 4.78 is 1.09. The van der Waals surface area contributed by atoms with Crippen LogP contribution in [0.2, 0.25) is 0 Å². The number of thiophene rings is 1. The third kappa shape index (κ3) is 3.08. The molecule has 2 heterocycles. The van der Waals surface area contributed by atoms with Gasteiger partial charge in [-0.1, -0.05) is 0 Å². The van der Waals surface area contributed by atoms with Crippen molar-refractivity contribution in [2.75, 3.05) is 11.9 Å². The molecule has 94 valence electrons. The number of nitrogens with zero attached hydrogens (tertiary/aromatic N) is 2. The molecule has 0 aliphatic carbocycles. The van der Waals surface area contributed by atoms with Crippen molar-refractivity contribution in [1.29, 1.82) is 0 Å². The van der Waals surface area contributed by atoms with Crippen molar-refractivity contribution in [3.05, 3.63) is 44.8 Å². The lowest BCUT2D eigenvalue weighted by atomic mass is 10.2. The van der Waals surface area contributed by atoms with E-state index in [1.807, 2.05) is 11.9 Å². The molecule has 0 fully saturated rings. The number of carboxylic acid groups (broad SMARTS) is 1. The summed E-state index contributed by atoms with van der Waals surface area (Å²) in [6.45, 7) is 0.727. The molecule has 0 unspecified atom stereocenters. The van der Waals surface area contributed by atoms with Gasteiger partial charge in [-0.15, -0.1) is 11.3 Å². The Morgan fingerprint density at radius 2 is 2.33 bits per heavy atom. The van der Waals surface area contributed by atoms with Gasteiger partial charge >= 0.3 is 5.97 Å². The highest BCUT2D eigenvalue weighted by molar-refractivity contribution is 9.11. The zero-order chi connectivity index (χ0) is 13.1. The number of aromatic nitrogens is 1. The number of aromatic carboxylic acids is 1. The van der Waals surface area contributed by atoms with Gasteiger partial charge in [-0.05, 0) is 45.1 Å². The fourth-order valence-corrected chi connectivity index (χ4v) is 2.77. The maximum absolute atomic E-state index is 10.9. The Hall–Kier alpha value is -1.40. The summed E-state index contributed by atoms with van der Waals surface area (Å²) in [5, 5.41) is 11.0. The Kier molecular flexibility index (Phi) is 3.98. The van der Waals surface area contributed by atoms with Crippen molar-refractivity contribution < 1.29 is 9.90 Å². The van der Waals surface area contributed by atoms with Crippen LogP contribution in [-0.4, -0.2) is 23.1 Å². The topological polar surface area (TPSA) is 53.4 Å². The fraction of sp³-hybridized carbons (Fsp3) is 0.167. The van der Waals surface area contributed by atoms with Gasteiger partial charge in [0.2, 0.25) is 0 Å². The maximum Gasteiger partial charge on any atom is 0.354 e. The Bertz CT molecular complexity index is 571. The Labute approximate surface area is 117 Å². The number of pyridine rings is 1. The van der Waals surface area contributed by atoms with Gasteiger partial charge in [0.15, 0.2) is 0 Å². The quantitative estimate of drug-likeness (QED) is 0.937. The van der Waals surface area contributed by atoms with Crippen molar-refractivity contribution in [3.8, 4) is 0 Å². The van der Waals surface area contributed by atoms with Gasteiger partial charge in [0, 0.05) is 25.5 Å². The molecule has 0 atom stereocenters. The number of hydrogen-bond acceptors (Lipinski definition) is 4. The van der Waals surface area contributed by atoms with Crippen LogP contribution >= 0.6 is 27.3 Å². The number of anilines is 1. The molecule has 0 amide bonds. The van der Waals surface area contributed by atoms with Crippen molar-refractivity contribution in [2.24, 2.45) is 0 Å². The number of hydrogen-bond donors (Lipinski definition) is 1. The molecule has 0 aliphatic rings. The van der Waals surface area contributed by atoms with E-state index in [2.05, 4.69) is 32.4 Å². The predicted molar refractivity (Wildman–Crippen MR) is 75.3 cm³/mol. The van der Waals surface area contributed by atoms with Crippen molar-refractivity contribution in [1.82, 2.24) is 4.98 Å². The van der Waals surface area contributed by atoms with Crippen LogP contribution in [0.4, 0.5) is 5.69 Å². The molecule has 0 aromatic carbocycles. The first kappa shape index (κ1) is 13.0. The van der Waals surface area contributed by atoms with E-state index in [1.54, 1.807) is 23.5 Å². The predicted octanol–water partition coefficient (Wildman–Crippen LogP) is 3.24. The first-order chi connectivity index (χ1) is 8.56. The van der Waals surface area contributed by atoms with Crippen LogP contribution < -0.4 is 4.90 Å². The molecule has 2 rings (SSSR count). The highest BCUT2D eigenvalue weighted by atomic mass is 79.9. The molecule has 0 bridgehead atoms. The van der Waals surface area contributed by atoms with Gasteiger partial charge in [0.05, 0.1) is 3.79 Å². The SMILES string of the molecule is CN(Cc1csc(Br)c1)c1ccnc(C(=O)O)c1. The molecule has 2 aromatic rings. The zero-order valence-electron chi connectivity index (χ0n) is 9.63. The Balaban J connectivity index is 2.15. The minimum atomic E-state index is -1.01. The zero-order valence-corrected chi connectivity index (χ0v) is 12.0. The minimum Gasteiger partial charge on any atom is -0.477 e. The van der Waals surface area contributed by atoms with Gasteiger partial charge in [-0.3, -0.25) is 0 Å². The number of carbonyl (C=O) groups is 1. The molecule has 4 nitrogen and oxygen atoms in total. The van der Waals surface area contributed by atoms with E-state index >= 15 is 0 Å². The average Bonchev–Trinajstić information content (AvgIpc) is 2.75. The standard InChI is InChI=1S/C12H11BrN2O2S/c1-15(6-8-4-11(13)18-7-8)9-2-3-14-10(5-9)12(16)17/h2-5,7H,6H2,1H3,(H,16,17). The monoisotopic (exact) mass is 326 g/mol. The molecule has 0 spiro atoms. The van der Waals surface area contributed by atoms with E-state index in [9.17, 15) is 4.79 Å². The third-order valence-corrected chi connectivity index (χ3v) is 4.00. The van der Waals surface area contributed by atoms with Crippen LogP contribution in [0.5, 0.6) is 0 Å². The number of rotatable bonds is 4. The van der Waals surface area contributed by atoms with Crippen LogP contribution in [0, 0.1) is 0 Å². The highest BCUT2D eigenvalue weighted by Crippen LogP contribution is 2.23. The summed E-state index contributed by atoms with van der Waals surface area (Å²) in [4.78, 5) is 16.6. The molecule has 0 saturated carbocycles. The van der Waals surface area contributed by atoms with E-state index in [0.717, 1.165) is 16.0 Å². The van der Waals surface area contributed by atoms with E-state index in [4.69, 9.17) is 5.11 Å². The summed E-state index contributed by atoms with van der Waals surface area (Å²) in [6.07, 6.45) is 1.51. The normalized spacial score (nSPS) is 10.3. The second-order valence-electron chi connectivity index (χ2n) is 3.82. The summed E-state index contributed by atoms with van der Waals surface area (Å²) in [5.74, 6) is -1.01. The molecule has 1 N–H and O–H groups in total.